The first-order valence-electron chi connectivity index (χ1n) is 9.47. The molecule has 3 rings (SSSR count). The van der Waals surface area contributed by atoms with Crippen LogP contribution < -0.4 is 10.6 Å². The third-order valence-corrected chi connectivity index (χ3v) is 5.05. The van der Waals surface area contributed by atoms with Crippen molar-refractivity contribution < 1.29 is 19.1 Å². The van der Waals surface area contributed by atoms with Gasteiger partial charge in [-0.25, -0.2) is 4.79 Å². The molecule has 0 radical (unpaired) electrons. The summed E-state index contributed by atoms with van der Waals surface area (Å²) in [5, 5.41) is 5.90. The first-order valence-corrected chi connectivity index (χ1v) is 9.47. The second kappa shape index (κ2) is 8.83. The van der Waals surface area contributed by atoms with Gasteiger partial charge in [0.05, 0.1) is 18.4 Å². The van der Waals surface area contributed by atoms with Gasteiger partial charge in [-0.2, -0.15) is 0 Å². The van der Waals surface area contributed by atoms with Gasteiger partial charge >= 0.3 is 6.09 Å². The van der Waals surface area contributed by atoms with E-state index in [0.29, 0.717) is 45.5 Å². The van der Waals surface area contributed by atoms with Gasteiger partial charge in [0, 0.05) is 38.1 Å². The van der Waals surface area contributed by atoms with E-state index in [1.54, 1.807) is 24.2 Å². The van der Waals surface area contributed by atoms with Gasteiger partial charge in [0.1, 0.15) is 0 Å². The molecule has 0 bridgehead atoms. The van der Waals surface area contributed by atoms with E-state index in [9.17, 15) is 14.4 Å². The predicted octanol–water partition coefficient (Wildman–Crippen LogP) is 1.07. The molecule has 8 heteroatoms. The second-order valence-electron chi connectivity index (χ2n) is 6.99. The topological polar surface area (TPSA) is 101 Å². The zero-order chi connectivity index (χ0) is 19.2. The summed E-state index contributed by atoms with van der Waals surface area (Å²) in [6.07, 6.45) is 5.07. The standard InChI is InChI=1S/C19H26N4O4/c1-2-27-19(26)23-9-5-14(6-10-23)22-18(25)16-11-15(16)17(24)21-12-13-3-7-20-8-4-13/h3-4,7-8,14-16H,2,5-6,9-12H2,1H3,(H,21,24)(H,22,25). The summed E-state index contributed by atoms with van der Waals surface area (Å²) in [6, 6.07) is 3.74. The lowest BCUT2D eigenvalue weighted by atomic mass is 10.1. The molecule has 2 atom stereocenters. The Morgan fingerprint density at radius 2 is 1.81 bits per heavy atom. The molecule has 1 saturated carbocycles. The van der Waals surface area contributed by atoms with Crippen LogP contribution in [0, 0.1) is 11.8 Å². The number of amides is 3. The number of rotatable bonds is 6. The van der Waals surface area contributed by atoms with Gasteiger partial charge in [-0.15, -0.1) is 0 Å². The van der Waals surface area contributed by atoms with Crippen LogP contribution in [0.2, 0.25) is 0 Å². The van der Waals surface area contributed by atoms with Crippen LogP contribution in [0.15, 0.2) is 24.5 Å². The molecule has 1 aliphatic heterocycles. The molecule has 2 N–H and O–H groups in total. The summed E-state index contributed by atoms with van der Waals surface area (Å²) < 4.78 is 4.99. The van der Waals surface area contributed by atoms with E-state index in [1.807, 2.05) is 12.1 Å². The van der Waals surface area contributed by atoms with Crippen LogP contribution in [0.5, 0.6) is 0 Å². The predicted molar refractivity (Wildman–Crippen MR) is 97.4 cm³/mol. The van der Waals surface area contributed by atoms with Crippen LogP contribution in [0.1, 0.15) is 31.7 Å². The molecule has 2 unspecified atom stereocenters. The van der Waals surface area contributed by atoms with Gasteiger partial charge in [0.15, 0.2) is 0 Å². The van der Waals surface area contributed by atoms with Crippen molar-refractivity contribution in [2.45, 2.75) is 38.8 Å². The number of carbonyl (C=O) groups excluding carboxylic acids is 3. The number of hydrogen-bond donors (Lipinski definition) is 2. The van der Waals surface area contributed by atoms with Gasteiger partial charge in [-0.05, 0) is 43.9 Å². The highest BCUT2D eigenvalue weighted by atomic mass is 16.6. The van der Waals surface area contributed by atoms with Crippen molar-refractivity contribution in [3.63, 3.8) is 0 Å². The number of pyridine rings is 1. The van der Waals surface area contributed by atoms with Gasteiger partial charge in [0.25, 0.3) is 0 Å². The maximum absolute atomic E-state index is 12.4. The molecule has 27 heavy (non-hydrogen) atoms. The van der Waals surface area contributed by atoms with Crippen molar-refractivity contribution in [3.05, 3.63) is 30.1 Å². The molecule has 8 nitrogen and oxygen atoms in total. The van der Waals surface area contributed by atoms with E-state index >= 15 is 0 Å². The number of carbonyl (C=O) groups is 3. The van der Waals surface area contributed by atoms with Crippen LogP contribution in [0.4, 0.5) is 4.79 Å². The fourth-order valence-corrected chi connectivity index (χ4v) is 3.32. The van der Waals surface area contributed by atoms with Gasteiger partial charge in [-0.3, -0.25) is 14.6 Å². The lowest BCUT2D eigenvalue weighted by Gasteiger charge is -2.31. The van der Waals surface area contributed by atoms with Crippen molar-refractivity contribution in [1.29, 1.82) is 0 Å². The Balaban J connectivity index is 1.36. The summed E-state index contributed by atoms with van der Waals surface area (Å²) in [5.74, 6) is -0.630. The molecule has 2 heterocycles. The average molecular weight is 374 g/mol. The number of piperidine rings is 1. The first kappa shape index (κ1) is 19.1. The normalized spacial score (nSPS) is 22.0. The lowest BCUT2D eigenvalue weighted by Crippen LogP contribution is -2.47. The molecule has 1 saturated heterocycles. The molecule has 1 aromatic heterocycles. The Hall–Kier alpha value is -2.64. The van der Waals surface area contributed by atoms with Gasteiger partial charge in [-0.1, -0.05) is 0 Å². The summed E-state index contributed by atoms with van der Waals surface area (Å²) in [5.41, 5.74) is 0.980. The Bertz CT molecular complexity index is 674. The van der Waals surface area contributed by atoms with E-state index in [1.165, 1.54) is 0 Å². The van der Waals surface area contributed by atoms with Gasteiger partial charge in [0.2, 0.25) is 11.8 Å². The van der Waals surface area contributed by atoms with E-state index in [4.69, 9.17) is 4.74 Å². The average Bonchev–Trinajstić information content (AvgIpc) is 3.49. The molecule has 1 aromatic rings. The number of nitrogens with zero attached hydrogens (tertiary/aromatic N) is 2. The second-order valence-corrected chi connectivity index (χ2v) is 6.99. The van der Waals surface area contributed by atoms with Crippen LogP contribution in [0.3, 0.4) is 0 Å². The van der Waals surface area contributed by atoms with Crippen LogP contribution in [-0.4, -0.2) is 53.5 Å². The number of ether oxygens (including phenoxy) is 1. The van der Waals surface area contributed by atoms with Crippen molar-refractivity contribution in [2.75, 3.05) is 19.7 Å². The van der Waals surface area contributed by atoms with Crippen molar-refractivity contribution >= 4 is 17.9 Å². The third kappa shape index (κ3) is 5.18. The Morgan fingerprint density at radius 1 is 1.15 bits per heavy atom. The van der Waals surface area contributed by atoms with Crippen molar-refractivity contribution in [2.24, 2.45) is 11.8 Å². The molecule has 146 valence electrons. The summed E-state index contributed by atoms with van der Waals surface area (Å²) >= 11 is 0. The van der Waals surface area contributed by atoms with Crippen LogP contribution >= 0.6 is 0 Å². The molecular formula is C19H26N4O4. The molecule has 1 aliphatic carbocycles. The fourth-order valence-electron chi connectivity index (χ4n) is 3.32. The largest absolute Gasteiger partial charge is 0.450 e. The van der Waals surface area contributed by atoms with Crippen molar-refractivity contribution in [1.82, 2.24) is 20.5 Å². The zero-order valence-electron chi connectivity index (χ0n) is 15.5. The summed E-state index contributed by atoms with van der Waals surface area (Å²) in [6.45, 7) is 3.74. The van der Waals surface area contributed by atoms with Crippen molar-refractivity contribution in [3.8, 4) is 0 Å². The van der Waals surface area contributed by atoms with E-state index < -0.39 is 0 Å². The number of hydrogen-bond acceptors (Lipinski definition) is 5. The smallest absolute Gasteiger partial charge is 0.409 e. The Labute approximate surface area is 158 Å². The van der Waals surface area contributed by atoms with Crippen LogP contribution in [-0.2, 0) is 20.9 Å². The SMILES string of the molecule is CCOC(=O)N1CCC(NC(=O)C2CC2C(=O)NCc2ccncc2)CC1. The van der Waals surface area contributed by atoms with E-state index in [-0.39, 0.29) is 35.8 Å². The minimum absolute atomic E-state index is 0.0457. The highest BCUT2D eigenvalue weighted by molar-refractivity contribution is 5.92. The minimum Gasteiger partial charge on any atom is -0.450 e. The quantitative estimate of drug-likeness (QED) is 0.776. The molecule has 0 aromatic carbocycles. The number of nitrogens with one attached hydrogen (secondary N) is 2. The maximum atomic E-state index is 12.4. The van der Waals surface area contributed by atoms with E-state index in [2.05, 4.69) is 15.6 Å². The highest BCUT2D eigenvalue weighted by Gasteiger charge is 2.48. The van der Waals surface area contributed by atoms with Crippen LogP contribution in [0.25, 0.3) is 0 Å². The number of likely N-dealkylation sites (tertiary alicyclic amines) is 1. The van der Waals surface area contributed by atoms with Gasteiger partial charge < -0.3 is 20.3 Å². The number of aromatic nitrogens is 1. The molecule has 2 aliphatic rings. The highest BCUT2D eigenvalue weighted by Crippen LogP contribution is 2.39. The van der Waals surface area contributed by atoms with E-state index in [0.717, 1.165) is 5.56 Å². The Morgan fingerprint density at radius 3 is 2.48 bits per heavy atom. The fraction of sp³-hybridized carbons (Fsp3) is 0.579. The molecule has 3 amide bonds. The summed E-state index contributed by atoms with van der Waals surface area (Å²) in [7, 11) is 0. The minimum atomic E-state index is -0.296. The summed E-state index contributed by atoms with van der Waals surface area (Å²) in [4.78, 5) is 41.9. The lowest BCUT2D eigenvalue weighted by molar-refractivity contribution is -0.127. The first-order chi connectivity index (χ1) is 13.1. The zero-order valence-corrected chi connectivity index (χ0v) is 15.5. The molecule has 0 spiro atoms. The maximum Gasteiger partial charge on any atom is 0.409 e. The Kier molecular flexibility index (Phi) is 6.26. The molecule has 2 fully saturated rings. The third-order valence-electron chi connectivity index (χ3n) is 5.05. The monoisotopic (exact) mass is 374 g/mol. The molecular weight excluding hydrogens is 348 g/mol.